The summed E-state index contributed by atoms with van der Waals surface area (Å²) in [6, 6.07) is 3.87. The highest BCUT2D eigenvalue weighted by atomic mass is 32.2. The lowest BCUT2D eigenvalue weighted by Crippen LogP contribution is -2.38. The molecule has 0 saturated carbocycles. The molecule has 1 aliphatic heterocycles. The van der Waals surface area contributed by atoms with Crippen LogP contribution in [0.3, 0.4) is 0 Å². The third-order valence-electron chi connectivity index (χ3n) is 3.31. The summed E-state index contributed by atoms with van der Waals surface area (Å²) in [6.07, 6.45) is 1.91. The van der Waals surface area contributed by atoms with Crippen LogP contribution in [0.25, 0.3) is 0 Å². The van der Waals surface area contributed by atoms with E-state index >= 15 is 0 Å². The van der Waals surface area contributed by atoms with Crippen LogP contribution >= 0.6 is 0 Å². The highest BCUT2D eigenvalue weighted by Gasteiger charge is 2.26. The Morgan fingerprint density at radius 2 is 2.15 bits per heavy atom. The molecule has 0 bridgehead atoms. The highest BCUT2D eigenvalue weighted by Crippen LogP contribution is 2.32. The van der Waals surface area contributed by atoms with Gasteiger partial charge >= 0.3 is 0 Å². The molecule has 0 amide bonds. The first-order chi connectivity index (χ1) is 9.29. The Morgan fingerprint density at radius 1 is 1.45 bits per heavy atom. The standard InChI is InChI=1S/C12H16N2O5S/c1-20(18,19)10-4-5-11(12(7-10)14(16)17)13-6-2-3-9(15)8-13/h4-5,7,9,15H,2-3,6,8H2,1H3. The highest BCUT2D eigenvalue weighted by molar-refractivity contribution is 7.90. The molecule has 1 fully saturated rings. The molecule has 1 saturated heterocycles. The number of aliphatic hydroxyl groups is 1. The first kappa shape index (κ1) is 14.7. The molecule has 1 unspecified atom stereocenters. The molecule has 20 heavy (non-hydrogen) atoms. The molecular formula is C12H16N2O5S. The number of anilines is 1. The van der Waals surface area contributed by atoms with E-state index in [1.807, 2.05) is 0 Å². The van der Waals surface area contributed by atoms with E-state index in [1.54, 1.807) is 4.90 Å². The van der Waals surface area contributed by atoms with Gasteiger partial charge in [0.15, 0.2) is 9.84 Å². The summed E-state index contributed by atoms with van der Waals surface area (Å²) >= 11 is 0. The lowest BCUT2D eigenvalue weighted by molar-refractivity contribution is -0.384. The lowest BCUT2D eigenvalue weighted by atomic mass is 10.1. The SMILES string of the molecule is CS(=O)(=O)c1ccc(N2CCCC(O)C2)c([N+](=O)[O-])c1. The van der Waals surface area contributed by atoms with Crippen molar-refractivity contribution in [2.45, 2.75) is 23.8 Å². The van der Waals surface area contributed by atoms with Crippen LogP contribution in [0.5, 0.6) is 0 Å². The summed E-state index contributed by atoms with van der Waals surface area (Å²) in [5.74, 6) is 0. The Bertz CT molecular complexity index is 629. The van der Waals surface area contributed by atoms with Crippen molar-refractivity contribution in [2.24, 2.45) is 0 Å². The molecule has 0 radical (unpaired) electrons. The number of aliphatic hydroxyl groups excluding tert-OH is 1. The molecule has 1 heterocycles. The number of sulfone groups is 1. The predicted octanol–water partition coefficient (Wildman–Crippen LogP) is 0.959. The molecule has 110 valence electrons. The number of nitrogens with zero attached hydrogens (tertiary/aromatic N) is 2. The van der Waals surface area contributed by atoms with Gasteiger partial charge in [-0.3, -0.25) is 10.1 Å². The van der Waals surface area contributed by atoms with Gasteiger partial charge in [-0.2, -0.15) is 0 Å². The first-order valence-electron chi connectivity index (χ1n) is 6.20. The van der Waals surface area contributed by atoms with Crippen molar-refractivity contribution in [2.75, 3.05) is 24.2 Å². The van der Waals surface area contributed by atoms with Gasteiger partial charge in [0.2, 0.25) is 0 Å². The van der Waals surface area contributed by atoms with Gasteiger partial charge in [0.1, 0.15) is 5.69 Å². The van der Waals surface area contributed by atoms with Crippen LogP contribution in [-0.4, -0.2) is 43.9 Å². The zero-order valence-electron chi connectivity index (χ0n) is 11.0. The van der Waals surface area contributed by atoms with Crippen molar-refractivity contribution in [3.05, 3.63) is 28.3 Å². The molecule has 1 N–H and O–H groups in total. The Labute approximate surface area is 116 Å². The van der Waals surface area contributed by atoms with Gasteiger partial charge in [0, 0.05) is 25.4 Å². The van der Waals surface area contributed by atoms with Gasteiger partial charge in [-0.15, -0.1) is 0 Å². The van der Waals surface area contributed by atoms with Crippen molar-refractivity contribution in [3.63, 3.8) is 0 Å². The number of nitro benzene ring substituents is 1. The number of hydrogen-bond acceptors (Lipinski definition) is 6. The van der Waals surface area contributed by atoms with Crippen LogP contribution in [0.1, 0.15) is 12.8 Å². The summed E-state index contributed by atoms with van der Waals surface area (Å²) in [5, 5.41) is 20.8. The maximum atomic E-state index is 11.5. The normalized spacial score (nSPS) is 19.9. The second-order valence-corrected chi connectivity index (χ2v) is 6.94. The number of rotatable bonds is 3. The molecule has 1 atom stereocenters. The minimum Gasteiger partial charge on any atom is -0.391 e. The van der Waals surface area contributed by atoms with Gasteiger partial charge in [-0.05, 0) is 25.0 Å². The van der Waals surface area contributed by atoms with Gasteiger partial charge in [0.25, 0.3) is 5.69 Å². The predicted molar refractivity (Wildman–Crippen MR) is 73.7 cm³/mol. The van der Waals surface area contributed by atoms with E-state index in [0.29, 0.717) is 25.2 Å². The number of piperidine rings is 1. The Kier molecular flexibility index (Phi) is 3.96. The molecule has 7 nitrogen and oxygen atoms in total. The van der Waals surface area contributed by atoms with E-state index in [2.05, 4.69) is 0 Å². The zero-order valence-corrected chi connectivity index (χ0v) is 11.8. The molecule has 2 rings (SSSR count). The molecule has 0 aliphatic carbocycles. The molecule has 1 aromatic rings. The quantitative estimate of drug-likeness (QED) is 0.659. The Balaban J connectivity index is 2.45. The molecule has 0 aromatic heterocycles. The van der Waals surface area contributed by atoms with Gasteiger partial charge in [-0.1, -0.05) is 0 Å². The molecule has 1 aromatic carbocycles. The van der Waals surface area contributed by atoms with Gasteiger partial charge in [0.05, 0.1) is 15.9 Å². The smallest absolute Gasteiger partial charge is 0.293 e. The Morgan fingerprint density at radius 3 is 2.70 bits per heavy atom. The first-order valence-corrected chi connectivity index (χ1v) is 8.09. The molecule has 0 spiro atoms. The molecular weight excluding hydrogens is 284 g/mol. The number of benzene rings is 1. The van der Waals surface area contributed by atoms with Crippen LogP contribution in [0, 0.1) is 10.1 Å². The fourth-order valence-corrected chi connectivity index (χ4v) is 2.96. The van der Waals surface area contributed by atoms with E-state index in [-0.39, 0.29) is 10.6 Å². The van der Waals surface area contributed by atoms with Gasteiger partial charge in [-0.25, -0.2) is 8.42 Å². The summed E-state index contributed by atoms with van der Waals surface area (Å²) < 4.78 is 22.9. The third kappa shape index (κ3) is 3.07. The molecule has 8 heteroatoms. The van der Waals surface area contributed by atoms with Crippen LogP contribution < -0.4 is 4.90 Å². The van der Waals surface area contributed by atoms with E-state index in [0.717, 1.165) is 18.7 Å². The van der Waals surface area contributed by atoms with Gasteiger partial charge < -0.3 is 10.0 Å². The third-order valence-corrected chi connectivity index (χ3v) is 4.42. The van der Waals surface area contributed by atoms with Crippen molar-refractivity contribution < 1.29 is 18.4 Å². The maximum Gasteiger partial charge on any atom is 0.293 e. The summed E-state index contributed by atoms with van der Waals surface area (Å²) in [6.45, 7) is 0.926. The summed E-state index contributed by atoms with van der Waals surface area (Å²) in [7, 11) is -3.49. The number of β-amino-alcohol motifs (C(OH)–C–C–N with tert-alkyl or cyclic N) is 1. The fraction of sp³-hybridized carbons (Fsp3) is 0.500. The minimum atomic E-state index is -3.49. The Hall–Kier alpha value is -1.67. The average molecular weight is 300 g/mol. The zero-order chi connectivity index (χ0) is 14.9. The average Bonchev–Trinajstić information content (AvgIpc) is 2.37. The van der Waals surface area contributed by atoms with E-state index < -0.39 is 20.9 Å². The molecule has 1 aliphatic rings. The van der Waals surface area contributed by atoms with Crippen molar-refractivity contribution >= 4 is 21.2 Å². The van der Waals surface area contributed by atoms with Crippen molar-refractivity contribution in [1.29, 1.82) is 0 Å². The minimum absolute atomic E-state index is 0.0782. The van der Waals surface area contributed by atoms with Crippen molar-refractivity contribution in [3.8, 4) is 0 Å². The van der Waals surface area contributed by atoms with E-state index in [4.69, 9.17) is 0 Å². The summed E-state index contributed by atoms with van der Waals surface area (Å²) in [4.78, 5) is 12.2. The summed E-state index contributed by atoms with van der Waals surface area (Å²) in [5.41, 5.74) is 0.100. The second kappa shape index (κ2) is 5.37. The van der Waals surface area contributed by atoms with Crippen LogP contribution in [0.4, 0.5) is 11.4 Å². The maximum absolute atomic E-state index is 11.5. The monoisotopic (exact) mass is 300 g/mol. The van der Waals surface area contributed by atoms with Crippen LogP contribution in [-0.2, 0) is 9.84 Å². The lowest BCUT2D eigenvalue weighted by Gasteiger charge is -2.31. The number of nitro groups is 1. The van der Waals surface area contributed by atoms with E-state index in [1.165, 1.54) is 12.1 Å². The number of hydrogen-bond donors (Lipinski definition) is 1. The van der Waals surface area contributed by atoms with Crippen molar-refractivity contribution in [1.82, 2.24) is 0 Å². The fourth-order valence-electron chi connectivity index (χ4n) is 2.32. The van der Waals surface area contributed by atoms with Crippen LogP contribution in [0.15, 0.2) is 23.1 Å². The topological polar surface area (TPSA) is 101 Å². The van der Waals surface area contributed by atoms with E-state index in [9.17, 15) is 23.6 Å². The largest absolute Gasteiger partial charge is 0.391 e. The van der Waals surface area contributed by atoms with Crippen LogP contribution in [0.2, 0.25) is 0 Å². The second-order valence-electron chi connectivity index (χ2n) is 4.92.